The number of hydrogen-bond donors (Lipinski definition) is 1. The SMILES string of the molecule is CC(C)N(C(=O)c1cc(F)ccc1Oc1nncnc1N1CC[C@@H](CN2CCC3(CCC(NS(=O)(=O)N4C[C@@H]5C[C@H]4CN5C(=O)OC(C)(C)C)CC3)CC2)C1)C(C)C. The lowest BCUT2D eigenvalue weighted by atomic mass is 9.67. The average Bonchev–Trinajstić information content (AvgIpc) is 3.91. The molecule has 2 amide bonds. The first-order chi connectivity index (χ1) is 27.4. The van der Waals surface area contributed by atoms with Crippen LogP contribution in [0.3, 0.4) is 0 Å². The number of carbonyl (C=O) groups excluding carboxylic acids is 2. The van der Waals surface area contributed by atoms with Crippen molar-refractivity contribution in [3.05, 3.63) is 35.9 Å². The van der Waals surface area contributed by atoms with Crippen molar-refractivity contribution in [1.82, 2.24) is 38.9 Å². The van der Waals surface area contributed by atoms with Crippen LogP contribution in [-0.2, 0) is 14.9 Å². The van der Waals surface area contributed by atoms with E-state index in [-0.39, 0.29) is 64.8 Å². The van der Waals surface area contributed by atoms with Crippen molar-refractivity contribution < 1.29 is 31.9 Å². The number of likely N-dealkylation sites (tertiary alicyclic amines) is 2. The number of fused-ring (bicyclic) bond motifs is 2. The van der Waals surface area contributed by atoms with Crippen molar-refractivity contribution in [2.24, 2.45) is 11.3 Å². The summed E-state index contributed by atoms with van der Waals surface area (Å²) in [7, 11) is -3.66. The highest BCUT2D eigenvalue weighted by Crippen LogP contribution is 2.45. The van der Waals surface area contributed by atoms with Gasteiger partial charge in [-0.3, -0.25) is 4.79 Å². The first-order valence-electron chi connectivity index (χ1n) is 21.1. The van der Waals surface area contributed by atoms with Gasteiger partial charge in [-0.2, -0.15) is 17.4 Å². The van der Waals surface area contributed by atoms with Gasteiger partial charge in [-0.1, -0.05) is 0 Å². The second-order valence-corrected chi connectivity index (χ2v) is 20.4. The maximum Gasteiger partial charge on any atom is 0.410 e. The third kappa shape index (κ3) is 9.37. The van der Waals surface area contributed by atoms with E-state index in [1.165, 1.54) is 24.5 Å². The molecule has 4 saturated heterocycles. The molecule has 2 bridgehead atoms. The molecule has 15 nitrogen and oxygen atoms in total. The zero-order valence-electron chi connectivity index (χ0n) is 35.2. The highest BCUT2D eigenvalue weighted by Gasteiger charge is 2.51. The summed E-state index contributed by atoms with van der Waals surface area (Å²) in [5, 5.41) is 8.23. The van der Waals surface area contributed by atoms with Gasteiger partial charge >= 0.3 is 6.09 Å². The van der Waals surface area contributed by atoms with Gasteiger partial charge in [0.15, 0.2) is 5.82 Å². The summed E-state index contributed by atoms with van der Waals surface area (Å²) >= 11 is 0. The molecule has 7 rings (SSSR count). The van der Waals surface area contributed by atoms with Crippen molar-refractivity contribution in [1.29, 1.82) is 0 Å². The highest BCUT2D eigenvalue weighted by molar-refractivity contribution is 7.87. The predicted molar refractivity (Wildman–Crippen MR) is 217 cm³/mol. The molecule has 320 valence electrons. The monoisotopic (exact) mass is 827 g/mol. The number of piperazine rings is 1. The quantitative estimate of drug-likeness (QED) is 0.308. The van der Waals surface area contributed by atoms with Crippen LogP contribution < -0.4 is 14.4 Å². The fourth-order valence-corrected chi connectivity index (χ4v) is 11.7. The van der Waals surface area contributed by atoms with E-state index in [4.69, 9.17) is 9.47 Å². The average molecular weight is 828 g/mol. The van der Waals surface area contributed by atoms with E-state index >= 15 is 0 Å². The Morgan fingerprint density at radius 3 is 2.33 bits per heavy atom. The molecule has 2 aromatic rings. The first-order valence-corrected chi connectivity index (χ1v) is 22.6. The van der Waals surface area contributed by atoms with Crippen molar-refractivity contribution in [2.75, 3.05) is 50.7 Å². The number of aromatic nitrogens is 3. The van der Waals surface area contributed by atoms with Crippen LogP contribution in [0.1, 0.15) is 110 Å². The minimum atomic E-state index is -3.66. The zero-order chi connectivity index (χ0) is 41.6. The standard InChI is InChI=1S/C41H62FN9O6S/c1-27(2)51(28(3)4)38(52)34-20-30(42)8-9-35(34)56-37-36(43-26-44-45-37)48-17-12-29(23-48)22-47-18-15-41(16-19-47)13-10-31(11-14-41)46-58(54,55)50-25-32-21-33(50)24-49(32)39(53)57-40(5,6)7/h8-9,20,26-29,31-33,46H,10-19,21-25H2,1-7H3/t29-,32-,33-/m0/s1. The summed E-state index contributed by atoms with van der Waals surface area (Å²) in [6.45, 7) is 18.5. The Morgan fingerprint density at radius 1 is 0.983 bits per heavy atom. The molecule has 3 atom stereocenters. The normalized spacial score (nSPS) is 24.3. The molecule has 58 heavy (non-hydrogen) atoms. The maximum atomic E-state index is 14.5. The Labute approximate surface area is 343 Å². The zero-order valence-corrected chi connectivity index (χ0v) is 36.0. The molecule has 1 N–H and O–H groups in total. The number of rotatable bonds is 11. The van der Waals surface area contributed by atoms with Crippen molar-refractivity contribution in [2.45, 2.75) is 136 Å². The third-order valence-electron chi connectivity index (χ3n) is 12.8. The number of nitrogens with zero attached hydrogens (tertiary/aromatic N) is 8. The second-order valence-electron chi connectivity index (χ2n) is 18.8. The highest BCUT2D eigenvalue weighted by atomic mass is 32.2. The van der Waals surface area contributed by atoms with E-state index < -0.39 is 21.6 Å². The number of hydrogen-bond acceptors (Lipinski definition) is 11. The van der Waals surface area contributed by atoms with Crippen molar-refractivity contribution in [3.63, 3.8) is 0 Å². The Kier molecular flexibility index (Phi) is 12.3. The Morgan fingerprint density at radius 2 is 1.69 bits per heavy atom. The van der Waals surface area contributed by atoms with Gasteiger partial charge in [-0.05, 0) is 142 Å². The van der Waals surface area contributed by atoms with Gasteiger partial charge in [0.25, 0.3) is 22.0 Å². The number of halogens is 1. The van der Waals surface area contributed by atoms with Gasteiger partial charge in [0.05, 0.1) is 11.6 Å². The van der Waals surface area contributed by atoms with Crippen molar-refractivity contribution >= 4 is 28.0 Å². The third-order valence-corrected chi connectivity index (χ3v) is 14.5. The number of piperidine rings is 1. The van der Waals surface area contributed by atoms with E-state index in [0.717, 1.165) is 77.7 Å². The summed E-state index contributed by atoms with van der Waals surface area (Å²) in [5.41, 5.74) is -0.215. The second kappa shape index (κ2) is 16.8. The van der Waals surface area contributed by atoms with Crippen LogP contribution in [0.15, 0.2) is 24.5 Å². The molecule has 1 spiro atoms. The van der Waals surface area contributed by atoms with E-state index in [1.54, 1.807) is 14.1 Å². The maximum absolute atomic E-state index is 14.5. The lowest BCUT2D eigenvalue weighted by Gasteiger charge is -2.46. The number of benzene rings is 1. The van der Waals surface area contributed by atoms with Crippen molar-refractivity contribution in [3.8, 4) is 11.6 Å². The molecule has 5 fully saturated rings. The van der Waals surface area contributed by atoms with E-state index in [0.29, 0.717) is 31.2 Å². The lowest BCUT2D eigenvalue weighted by molar-refractivity contribution is 0.0171. The number of ether oxygens (including phenoxy) is 2. The van der Waals surface area contributed by atoms with E-state index in [1.807, 2.05) is 48.5 Å². The summed E-state index contributed by atoms with van der Waals surface area (Å²) in [5.74, 6) is 0.516. The lowest BCUT2D eigenvalue weighted by Crippen LogP contribution is -2.56. The topological polar surface area (TPSA) is 154 Å². The molecule has 1 aromatic carbocycles. The molecular formula is C41H62FN9O6S. The van der Waals surface area contributed by atoms with Crippen LogP contribution in [0.4, 0.5) is 15.0 Å². The Hall–Kier alpha value is -3.67. The molecule has 0 radical (unpaired) electrons. The van der Waals surface area contributed by atoms with Gasteiger partial charge in [-0.15, -0.1) is 10.2 Å². The number of carbonyl (C=O) groups is 2. The Bertz CT molecular complexity index is 1900. The summed E-state index contributed by atoms with van der Waals surface area (Å²) in [6, 6.07) is 3.32. The molecule has 1 aliphatic carbocycles. The van der Waals surface area contributed by atoms with E-state index in [9.17, 15) is 22.4 Å². The molecule has 1 aromatic heterocycles. The van der Waals surface area contributed by atoms with E-state index in [2.05, 4.69) is 29.7 Å². The van der Waals surface area contributed by atoms with Crippen LogP contribution in [0.5, 0.6) is 11.6 Å². The van der Waals surface area contributed by atoms with Gasteiger partial charge < -0.3 is 29.1 Å². The molecule has 17 heteroatoms. The number of anilines is 1. The molecule has 5 heterocycles. The minimum Gasteiger partial charge on any atom is -0.444 e. The van der Waals surface area contributed by atoms with Gasteiger partial charge in [0, 0.05) is 56.9 Å². The summed E-state index contributed by atoms with van der Waals surface area (Å²) < 4.78 is 57.9. The predicted octanol–water partition coefficient (Wildman–Crippen LogP) is 5.44. The molecular weight excluding hydrogens is 766 g/mol. The van der Waals surface area contributed by atoms with Crippen LogP contribution in [0.2, 0.25) is 0 Å². The van der Waals surface area contributed by atoms with Gasteiger partial charge in [0.1, 0.15) is 23.5 Å². The number of nitrogens with one attached hydrogen (secondary N) is 1. The summed E-state index contributed by atoms with van der Waals surface area (Å²) in [6.07, 6.45) is 8.58. The Balaban J connectivity index is 0.879. The summed E-state index contributed by atoms with van der Waals surface area (Å²) in [4.78, 5) is 38.9. The largest absolute Gasteiger partial charge is 0.444 e. The van der Waals surface area contributed by atoms with Crippen LogP contribution >= 0.6 is 0 Å². The van der Waals surface area contributed by atoms with Gasteiger partial charge in [-0.25, -0.2) is 14.2 Å². The number of amides is 2. The fourth-order valence-electron chi connectivity index (χ4n) is 9.95. The van der Waals surface area contributed by atoms with Crippen LogP contribution in [0, 0.1) is 17.2 Å². The minimum absolute atomic E-state index is 0.0747. The fraction of sp³-hybridized carbons (Fsp3) is 0.732. The molecule has 4 aliphatic heterocycles. The van der Waals surface area contributed by atoms with Crippen LogP contribution in [-0.4, -0.2) is 136 Å². The molecule has 5 aliphatic rings. The molecule has 1 saturated carbocycles. The van der Waals surface area contributed by atoms with Gasteiger partial charge in [0.2, 0.25) is 0 Å². The van der Waals surface area contributed by atoms with Crippen LogP contribution in [0.25, 0.3) is 0 Å². The smallest absolute Gasteiger partial charge is 0.410 e. The first kappa shape index (κ1) is 42.5. The molecule has 0 unspecified atom stereocenters.